The van der Waals surface area contributed by atoms with E-state index in [1.54, 1.807) is 0 Å². The Labute approximate surface area is 74.7 Å². The third-order valence-corrected chi connectivity index (χ3v) is 1.97. The van der Waals surface area contributed by atoms with Crippen molar-refractivity contribution >= 4 is 17.5 Å². The molecule has 2 heterocycles. The molecule has 0 aliphatic carbocycles. The highest BCUT2D eigenvalue weighted by Crippen LogP contribution is 2.30. The summed E-state index contributed by atoms with van der Waals surface area (Å²) in [4.78, 5) is 7.83. The fourth-order valence-corrected chi connectivity index (χ4v) is 1.46. The fraction of sp³-hybridized carbons (Fsp3) is 0.429. The third kappa shape index (κ3) is 1.18. The zero-order chi connectivity index (χ0) is 8.55. The van der Waals surface area contributed by atoms with Gasteiger partial charge in [-0.25, -0.2) is 4.98 Å². The Morgan fingerprint density at radius 2 is 2.25 bits per heavy atom. The van der Waals surface area contributed by atoms with E-state index in [0.29, 0.717) is 17.5 Å². The third-order valence-electron chi connectivity index (χ3n) is 1.72. The fourth-order valence-electron chi connectivity index (χ4n) is 1.21. The number of fused-ring (bicyclic) bond motifs is 1. The molecule has 0 aromatic carbocycles. The summed E-state index contributed by atoms with van der Waals surface area (Å²) in [6.45, 7) is 0.681. The van der Waals surface area contributed by atoms with Crippen LogP contribution in [0.5, 0.6) is 5.75 Å². The summed E-state index contributed by atoms with van der Waals surface area (Å²) >= 11 is 5.79. The predicted octanol–water partition coefficient (Wildman–Crippen LogP) is 1.04. The molecular weight excluding hydrogens is 178 g/mol. The maximum absolute atomic E-state index is 5.79. The SMILES string of the molecule is Nc1nc(Cl)c2c(n1)CCCO2. The molecule has 64 valence electrons. The van der Waals surface area contributed by atoms with E-state index in [1.807, 2.05) is 0 Å². The highest BCUT2D eigenvalue weighted by atomic mass is 35.5. The normalized spacial score (nSPS) is 15.1. The van der Waals surface area contributed by atoms with Crippen molar-refractivity contribution in [2.75, 3.05) is 12.3 Å². The molecule has 0 unspecified atom stereocenters. The molecule has 1 aromatic rings. The molecule has 0 fully saturated rings. The Kier molecular flexibility index (Phi) is 1.77. The smallest absolute Gasteiger partial charge is 0.221 e. The van der Waals surface area contributed by atoms with Crippen molar-refractivity contribution in [3.05, 3.63) is 10.8 Å². The van der Waals surface area contributed by atoms with Gasteiger partial charge < -0.3 is 10.5 Å². The van der Waals surface area contributed by atoms with Crippen LogP contribution in [-0.2, 0) is 6.42 Å². The lowest BCUT2D eigenvalue weighted by molar-refractivity contribution is 0.284. The number of nitrogens with two attached hydrogens (primary N) is 1. The van der Waals surface area contributed by atoms with Crippen molar-refractivity contribution in [3.63, 3.8) is 0 Å². The van der Waals surface area contributed by atoms with Crippen LogP contribution < -0.4 is 10.5 Å². The molecule has 1 aromatic heterocycles. The van der Waals surface area contributed by atoms with Gasteiger partial charge in [0.1, 0.15) is 0 Å². The van der Waals surface area contributed by atoms with Gasteiger partial charge in [0.15, 0.2) is 10.9 Å². The number of aromatic nitrogens is 2. The molecular formula is C7H8ClN3O. The molecule has 0 atom stereocenters. The minimum Gasteiger partial charge on any atom is -0.488 e. The van der Waals surface area contributed by atoms with Crippen LogP contribution in [0.2, 0.25) is 5.15 Å². The minimum atomic E-state index is 0.212. The molecule has 0 saturated carbocycles. The van der Waals surface area contributed by atoms with Crippen LogP contribution in [0.15, 0.2) is 0 Å². The summed E-state index contributed by atoms with van der Waals surface area (Å²) < 4.78 is 5.30. The Bertz CT molecular complexity index is 316. The van der Waals surface area contributed by atoms with E-state index in [-0.39, 0.29) is 5.95 Å². The molecule has 0 saturated heterocycles. The number of hydrogen-bond donors (Lipinski definition) is 1. The minimum absolute atomic E-state index is 0.212. The number of nitrogens with zero attached hydrogens (tertiary/aromatic N) is 2. The second kappa shape index (κ2) is 2.79. The number of anilines is 1. The molecule has 4 nitrogen and oxygen atoms in total. The lowest BCUT2D eigenvalue weighted by atomic mass is 10.2. The van der Waals surface area contributed by atoms with Crippen LogP contribution in [0.4, 0.5) is 5.95 Å². The highest BCUT2D eigenvalue weighted by Gasteiger charge is 2.16. The standard InChI is InChI=1S/C7H8ClN3O/c8-6-5-4(2-1-3-12-5)10-7(9)11-6/h1-3H2,(H2,9,10,11). The van der Waals surface area contributed by atoms with Crippen molar-refractivity contribution in [1.29, 1.82) is 0 Å². The molecule has 1 aliphatic heterocycles. The van der Waals surface area contributed by atoms with Crippen molar-refractivity contribution in [2.24, 2.45) is 0 Å². The van der Waals surface area contributed by atoms with Gasteiger partial charge in [-0.2, -0.15) is 4.98 Å². The van der Waals surface area contributed by atoms with Gasteiger partial charge in [0.05, 0.1) is 12.3 Å². The first kappa shape index (κ1) is 7.61. The summed E-state index contributed by atoms with van der Waals surface area (Å²) in [5, 5.41) is 0.317. The van der Waals surface area contributed by atoms with Crippen LogP contribution >= 0.6 is 11.6 Å². The second-order valence-electron chi connectivity index (χ2n) is 2.60. The van der Waals surface area contributed by atoms with Crippen LogP contribution in [-0.4, -0.2) is 16.6 Å². The Balaban J connectivity index is 2.53. The molecule has 0 amide bonds. The molecule has 12 heavy (non-hydrogen) atoms. The number of aryl methyl sites for hydroxylation is 1. The average Bonchev–Trinajstić information content (AvgIpc) is 2.04. The first-order valence-corrected chi connectivity index (χ1v) is 4.10. The van der Waals surface area contributed by atoms with E-state index in [9.17, 15) is 0 Å². The molecule has 5 heteroatoms. The van der Waals surface area contributed by atoms with Gasteiger partial charge in [-0.3, -0.25) is 0 Å². The topological polar surface area (TPSA) is 61.0 Å². The summed E-state index contributed by atoms with van der Waals surface area (Å²) in [6.07, 6.45) is 1.82. The lowest BCUT2D eigenvalue weighted by Crippen LogP contribution is -2.12. The molecule has 0 bridgehead atoms. The molecule has 2 rings (SSSR count). The van der Waals surface area contributed by atoms with Crippen LogP contribution in [0, 0.1) is 0 Å². The quantitative estimate of drug-likeness (QED) is 0.614. The zero-order valence-electron chi connectivity index (χ0n) is 6.38. The van der Waals surface area contributed by atoms with E-state index in [2.05, 4.69) is 9.97 Å². The van der Waals surface area contributed by atoms with E-state index in [1.165, 1.54) is 0 Å². The predicted molar refractivity (Wildman–Crippen MR) is 45.3 cm³/mol. The summed E-state index contributed by atoms with van der Waals surface area (Å²) in [6, 6.07) is 0. The average molecular weight is 186 g/mol. The van der Waals surface area contributed by atoms with E-state index in [0.717, 1.165) is 18.5 Å². The summed E-state index contributed by atoms with van der Waals surface area (Å²) in [7, 11) is 0. The van der Waals surface area contributed by atoms with E-state index >= 15 is 0 Å². The van der Waals surface area contributed by atoms with E-state index < -0.39 is 0 Å². The van der Waals surface area contributed by atoms with Crippen molar-refractivity contribution in [1.82, 2.24) is 9.97 Å². The van der Waals surface area contributed by atoms with Crippen LogP contribution in [0.25, 0.3) is 0 Å². The molecule has 0 spiro atoms. The number of ether oxygens (including phenoxy) is 1. The maximum Gasteiger partial charge on any atom is 0.221 e. The van der Waals surface area contributed by atoms with Gasteiger partial charge in [-0.15, -0.1) is 0 Å². The highest BCUT2D eigenvalue weighted by molar-refractivity contribution is 6.31. The van der Waals surface area contributed by atoms with Crippen molar-refractivity contribution < 1.29 is 4.74 Å². The van der Waals surface area contributed by atoms with E-state index in [4.69, 9.17) is 22.1 Å². The zero-order valence-corrected chi connectivity index (χ0v) is 7.14. The van der Waals surface area contributed by atoms with Gasteiger partial charge in [-0.1, -0.05) is 11.6 Å². The van der Waals surface area contributed by atoms with Crippen molar-refractivity contribution in [2.45, 2.75) is 12.8 Å². The van der Waals surface area contributed by atoms with Gasteiger partial charge in [0.25, 0.3) is 0 Å². The summed E-state index contributed by atoms with van der Waals surface area (Å²) in [5.74, 6) is 0.807. The monoisotopic (exact) mass is 185 g/mol. The second-order valence-corrected chi connectivity index (χ2v) is 2.96. The molecule has 2 N–H and O–H groups in total. The Morgan fingerprint density at radius 1 is 1.42 bits per heavy atom. The number of halogens is 1. The number of hydrogen-bond acceptors (Lipinski definition) is 4. The largest absolute Gasteiger partial charge is 0.488 e. The number of nitrogen functional groups attached to an aromatic ring is 1. The van der Waals surface area contributed by atoms with Crippen molar-refractivity contribution in [3.8, 4) is 5.75 Å². The number of rotatable bonds is 0. The van der Waals surface area contributed by atoms with Crippen LogP contribution in [0.3, 0.4) is 0 Å². The maximum atomic E-state index is 5.79. The summed E-state index contributed by atoms with van der Waals surface area (Å²) in [5.41, 5.74) is 6.24. The van der Waals surface area contributed by atoms with Gasteiger partial charge in [-0.05, 0) is 12.8 Å². The van der Waals surface area contributed by atoms with Gasteiger partial charge in [0, 0.05) is 0 Å². The first-order chi connectivity index (χ1) is 5.77. The van der Waals surface area contributed by atoms with Gasteiger partial charge >= 0.3 is 0 Å². The first-order valence-electron chi connectivity index (χ1n) is 3.72. The Morgan fingerprint density at radius 3 is 3.08 bits per heavy atom. The lowest BCUT2D eigenvalue weighted by Gasteiger charge is -2.16. The van der Waals surface area contributed by atoms with Gasteiger partial charge in [0.2, 0.25) is 5.95 Å². The van der Waals surface area contributed by atoms with Crippen LogP contribution in [0.1, 0.15) is 12.1 Å². The Hall–Kier alpha value is -1.03. The molecule has 1 aliphatic rings. The molecule has 0 radical (unpaired) electrons.